The van der Waals surface area contributed by atoms with Crippen LogP contribution in [0.3, 0.4) is 0 Å². The number of nitrogens with zero attached hydrogens (tertiary/aromatic N) is 2. The minimum absolute atomic E-state index is 0.196. The second-order valence-electron chi connectivity index (χ2n) is 7.83. The molecule has 6 nitrogen and oxygen atoms in total. The van der Waals surface area contributed by atoms with E-state index in [-0.39, 0.29) is 12.1 Å². The number of pyridine rings is 1. The summed E-state index contributed by atoms with van der Waals surface area (Å²) in [5.74, 6) is 3.12. The number of hydrogen-bond donors (Lipinski definition) is 1. The highest BCUT2D eigenvalue weighted by atomic mass is 32.1. The van der Waals surface area contributed by atoms with E-state index in [1.54, 1.807) is 13.3 Å². The van der Waals surface area contributed by atoms with Crippen LogP contribution in [-0.2, 0) is 0 Å². The van der Waals surface area contributed by atoms with Crippen molar-refractivity contribution < 1.29 is 13.9 Å². The summed E-state index contributed by atoms with van der Waals surface area (Å²) in [6, 6.07) is 25.2. The standard InChI is InChI=1S/C27H25N3O3S/c1-3-32-19-13-11-18(12-14-19)22-15-16-24(33-22)26-25(20-8-6-7-17-28-20)29-27(34)30(26)21-9-4-5-10-23(21)31-2/h4-17,25-26H,3H2,1-2H3,(H,29,34). The summed E-state index contributed by atoms with van der Waals surface area (Å²) < 4.78 is 17.6. The van der Waals surface area contributed by atoms with Crippen molar-refractivity contribution in [3.05, 3.63) is 96.5 Å². The maximum atomic E-state index is 6.43. The minimum atomic E-state index is -0.254. The molecule has 2 atom stereocenters. The minimum Gasteiger partial charge on any atom is -0.495 e. The molecule has 2 aromatic heterocycles. The first-order chi connectivity index (χ1) is 16.7. The van der Waals surface area contributed by atoms with Crippen LogP contribution in [0.1, 0.15) is 30.5 Å². The van der Waals surface area contributed by atoms with E-state index in [2.05, 4.69) is 10.3 Å². The lowest BCUT2D eigenvalue weighted by molar-refractivity contribution is 0.340. The lowest BCUT2D eigenvalue weighted by atomic mass is 10.0. The highest BCUT2D eigenvalue weighted by Crippen LogP contribution is 2.45. The van der Waals surface area contributed by atoms with Crippen molar-refractivity contribution >= 4 is 23.0 Å². The first-order valence-corrected chi connectivity index (χ1v) is 11.6. The van der Waals surface area contributed by atoms with Crippen LogP contribution < -0.4 is 19.7 Å². The van der Waals surface area contributed by atoms with Crippen LogP contribution >= 0.6 is 12.2 Å². The number of anilines is 1. The Bertz CT molecular complexity index is 1270. The third-order valence-electron chi connectivity index (χ3n) is 5.81. The summed E-state index contributed by atoms with van der Waals surface area (Å²) in [5.41, 5.74) is 2.72. The SMILES string of the molecule is CCOc1ccc(-c2ccc(C3C(c4ccccn4)NC(=S)N3c3ccccc3OC)o2)cc1. The van der Waals surface area contributed by atoms with Gasteiger partial charge in [0.15, 0.2) is 5.11 Å². The topological polar surface area (TPSA) is 59.8 Å². The number of para-hydroxylation sites is 2. The molecule has 0 spiro atoms. The van der Waals surface area contributed by atoms with Crippen LogP contribution in [0.4, 0.5) is 5.69 Å². The summed E-state index contributed by atoms with van der Waals surface area (Å²) in [6.45, 7) is 2.60. The number of hydrogen-bond acceptors (Lipinski definition) is 5. The molecule has 0 amide bonds. The van der Waals surface area contributed by atoms with Crippen molar-refractivity contribution in [2.75, 3.05) is 18.6 Å². The smallest absolute Gasteiger partial charge is 0.174 e. The summed E-state index contributed by atoms with van der Waals surface area (Å²) in [6.07, 6.45) is 1.79. The maximum Gasteiger partial charge on any atom is 0.174 e. The molecule has 172 valence electrons. The molecule has 0 saturated carbocycles. The zero-order valence-corrected chi connectivity index (χ0v) is 19.8. The number of nitrogens with one attached hydrogen (secondary N) is 1. The lowest BCUT2D eigenvalue weighted by Crippen LogP contribution is -2.29. The largest absolute Gasteiger partial charge is 0.495 e. The van der Waals surface area contributed by atoms with E-state index in [1.165, 1.54) is 0 Å². The highest BCUT2D eigenvalue weighted by Gasteiger charge is 2.43. The fourth-order valence-corrected chi connectivity index (χ4v) is 4.62. The second-order valence-corrected chi connectivity index (χ2v) is 8.21. The molecule has 2 aromatic carbocycles. The Morgan fingerprint density at radius 2 is 1.79 bits per heavy atom. The first kappa shape index (κ1) is 22.0. The Balaban J connectivity index is 1.57. The molecule has 1 aliphatic rings. The van der Waals surface area contributed by atoms with Crippen molar-refractivity contribution in [3.8, 4) is 22.8 Å². The first-order valence-electron chi connectivity index (χ1n) is 11.2. The third kappa shape index (κ3) is 4.10. The van der Waals surface area contributed by atoms with Gasteiger partial charge in [-0.1, -0.05) is 18.2 Å². The van der Waals surface area contributed by atoms with Crippen LogP contribution in [0.5, 0.6) is 11.5 Å². The van der Waals surface area contributed by atoms with E-state index in [0.29, 0.717) is 11.7 Å². The highest BCUT2D eigenvalue weighted by molar-refractivity contribution is 7.80. The molecule has 0 bridgehead atoms. The number of rotatable bonds is 7. The molecule has 1 aliphatic heterocycles. The molecule has 4 aromatic rings. The Morgan fingerprint density at radius 1 is 1.00 bits per heavy atom. The van der Waals surface area contributed by atoms with E-state index < -0.39 is 0 Å². The molecule has 2 unspecified atom stereocenters. The van der Waals surface area contributed by atoms with Gasteiger partial charge in [0.25, 0.3) is 0 Å². The van der Waals surface area contributed by atoms with Crippen molar-refractivity contribution in [2.45, 2.75) is 19.0 Å². The number of ether oxygens (including phenoxy) is 2. The van der Waals surface area contributed by atoms with Gasteiger partial charge in [-0.05, 0) is 79.8 Å². The molecule has 0 aliphatic carbocycles. The van der Waals surface area contributed by atoms with Gasteiger partial charge in [0.05, 0.1) is 31.1 Å². The lowest BCUT2D eigenvalue weighted by Gasteiger charge is -2.27. The predicted octanol–water partition coefficient (Wildman–Crippen LogP) is 5.93. The van der Waals surface area contributed by atoms with Gasteiger partial charge in [0.2, 0.25) is 0 Å². The molecule has 1 saturated heterocycles. The fraction of sp³-hybridized carbons (Fsp3) is 0.185. The van der Waals surface area contributed by atoms with Crippen LogP contribution in [0.2, 0.25) is 0 Å². The second kappa shape index (κ2) is 9.57. The third-order valence-corrected chi connectivity index (χ3v) is 6.13. The number of benzene rings is 2. The van der Waals surface area contributed by atoms with E-state index >= 15 is 0 Å². The molecule has 3 heterocycles. The van der Waals surface area contributed by atoms with Gasteiger partial charge in [0.1, 0.15) is 29.1 Å². The molecule has 1 fully saturated rings. The monoisotopic (exact) mass is 471 g/mol. The maximum absolute atomic E-state index is 6.43. The van der Waals surface area contributed by atoms with E-state index in [0.717, 1.165) is 40.0 Å². The van der Waals surface area contributed by atoms with Gasteiger partial charge in [0, 0.05) is 11.8 Å². The fourth-order valence-electron chi connectivity index (χ4n) is 4.28. The molecular weight excluding hydrogens is 446 g/mol. The van der Waals surface area contributed by atoms with E-state index in [9.17, 15) is 0 Å². The predicted molar refractivity (Wildman–Crippen MR) is 136 cm³/mol. The van der Waals surface area contributed by atoms with Gasteiger partial charge < -0.3 is 24.1 Å². The Morgan fingerprint density at radius 3 is 2.53 bits per heavy atom. The van der Waals surface area contributed by atoms with Crippen molar-refractivity contribution in [2.24, 2.45) is 0 Å². The number of furan rings is 1. The van der Waals surface area contributed by atoms with Crippen LogP contribution in [0.15, 0.2) is 89.5 Å². The van der Waals surface area contributed by atoms with Gasteiger partial charge in [-0.15, -0.1) is 0 Å². The summed E-state index contributed by atoms with van der Waals surface area (Å²) in [4.78, 5) is 6.65. The van der Waals surface area contributed by atoms with Crippen molar-refractivity contribution in [3.63, 3.8) is 0 Å². The number of aromatic nitrogens is 1. The van der Waals surface area contributed by atoms with Crippen molar-refractivity contribution in [1.29, 1.82) is 0 Å². The number of thiocarbonyl (C=S) groups is 1. The van der Waals surface area contributed by atoms with Crippen LogP contribution in [-0.4, -0.2) is 23.8 Å². The number of methoxy groups -OCH3 is 1. The Hall–Kier alpha value is -3.84. The van der Waals surface area contributed by atoms with Gasteiger partial charge in [-0.3, -0.25) is 4.98 Å². The van der Waals surface area contributed by atoms with E-state index in [4.69, 9.17) is 26.1 Å². The Kier molecular flexibility index (Phi) is 6.18. The molecule has 1 N–H and O–H groups in total. The van der Waals surface area contributed by atoms with Crippen molar-refractivity contribution in [1.82, 2.24) is 10.3 Å². The van der Waals surface area contributed by atoms with Crippen LogP contribution in [0.25, 0.3) is 11.3 Å². The zero-order chi connectivity index (χ0) is 23.5. The Labute approximate surface area is 204 Å². The molecular formula is C27H25N3O3S. The average Bonchev–Trinajstić information content (AvgIpc) is 3.50. The molecule has 5 rings (SSSR count). The quantitative estimate of drug-likeness (QED) is 0.335. The van der Waals surface area contributed by atoms with Gasteiger partial charge in [-0.25, -0.2) is 0 Å². The van der Waals surface area contributed by atoms with Crippen LogP contribution in [0, 0.1) is 0 Å². The van der Waals surface area contributed by atoms with E-state index in [1.807, 2.05) is 90.7 Å². The van der Waals surface area contributed by atoms with Gasteiger partial charge in [-0.2, -0.15) is 0 Å². The summed E-state index contributed by atoms with van der Waals surface area (Å²) in [7, 11) is 1.66. The zero-order valence-electron chi connectivity index (χ0n) is 19.0. The summed E-state index contributed by atoms with van der Waals surface area (Å²) >= 11 is 5.80. The normalized spacial score (nSPS) is 17.5. The molecule has 7 heteroatoms. The average molecular weight is 472 g/mol. The molecule has 0 radical (unpaired) electrons. The van der Waals surface area contributed by atoms with Gasteiger partial charge >= 0.3 is 0 Å². The summed E-state index contributed by atoms with van der Waals surface area (Å²) in [5, 5.41) is 4.04. The molecule has 34 heavy (non-hydrogen) atoms.